The van der Waals surface area contributed by atoms with Crippen LogP contribution in [0.4, 0.5) is 0 Å². The number of carboxylic acids is 1. The van der Waals surface area contributed by atoms with Crippen LogP contribution in [0.2, 0.25) is 5.02 Å². The normalized spacial score (nSPS) is 9.22. The van der Waals surface area contributed by atoms with Crippen molar-refractivity contribution in [1.82, 2.24) is 15.1 Å². The van der Waals surface area contributed by atoms with Crippen LogP contribution in [0.1, 0.15) is 11.3 Å². The molecule has 0 unspecified atom stereocenters. The zero-order valence-corrected chi connectivity index (χ0v) is 16.0. The first kappa shape index (κ1) is 19.7. The summed E-state index contributed by atoms with van der Waals surface area (Å²) < 4.78 is 1.83. The molecule has 130 valence electrons. The van der Waals surface area contributed by atoms with Crippen molar-refractivity contribution < 1.29 is 14.7 Å². The molecule has 2 rings (SSSR count). The Bertz CT molecular complexity index is 674. The fourth-order valence-electron chi connectivity index (χ4n) is 1.91. The number of amides is 1. The standard InChI is InChI=1S/C12H13ClN2.C3H4NO3.Fm/c1-8-6-10(13)4-5-11(8)12-7-15(3)14-9(12)2;5-2-4-1-3(6)7;/h4-7H,1-3H3;1H2,(H,4,5)(H,6,7);/q;-1;. The molecule has 0 fully saturated rings. The number of aryl methyl sites for hydroxylation is 3. The maximum absolute atomic E-state index is 9.52. The van der Waals surface area contributed by atoms with Crippen LogP contribution in [0.15, 0.2) is 24.4 Å². The van der Waals surface area contributed by atoms with E-state index in [2.05, 4.69) is 12.0 Å². The Morgan fingerprint density at radius 3 is 2.43 bits per heavy atom. The van der Waals surface area contributed by atoms with Gasteiger partial charge in [-0.3, -0.25) is 9.48 Å². The summed E-state index contributed by atoms with van der Waals surface area (Å²) in [5.74, 6) is -1.07. The molecule has 6 nitrogen and oxygen atoms in total. The summed E-state index contributed by atoms with van der Waals surface area (Å²) in [6, 6.07) is 5.93. The number of nitrogens with one attached hydrogen (secondary N) is 1. The molecule has 8 heteroatoms. The summed E-state index contributed by atoms with van der Waals surface area (Å²) in [6.07, 6.45) is 3.25. The van der Waals surface area contributed by atoms with Crippen molar-refractivity contribution in [3.8, 4) is 11.1 Å². The van der Waals surface area contributed by atoms with Gasteiger partial charge in [0.2, 0.25) is 0 Å². The fourth-order valence-corrected chi connectivity index (χ4v) is 2.13. The molecule has 2 N–H and O–H groups in total. The maximum atomic E-state index is 9.52. The number of benzene rings is 1. The van der Waals surface area contributed by atoms with Crippen LogP contribution < -0.4 is 5.32 Å². The molecule has 23 heavy (non-hydrogen) atoms. The molecule has 0 spiro atoms. The zero-order valence-electron chi connectivity index (χ0n) is 12.8. The van der Waals surface area contributed by atoms with Crippen LogP contribution in [-0.4, -0.2) is 33.8 Å². The van der Waals surface area contributed by atoms with Gasteiger partial charge in [0.1, 0.15) is 0 Å². The number of halogens is 1. The summed E-state index contributed by atoms with van der Waals surface area (Å²) in [7, 11) is 1.93. The third-order valence-corrected chi connectivity index (χ3v) is 3.04. The van der Waals surface area contributed by atoms with E-state index in [0.717, 1.165) is 10.7 Å². The number of aromatic nitrogens is 2. The molecule has 0 atom stereocenters. The fraction of sp³-hybridized carbons (Fsp3) is 0.267. The Labute approximate surface area is 133 Å². The molecule has 0 saturated heterocycles. The van der Waals surface area contributed by atoms with Crippen molar-refractivity contribution >= 4 is 24.0 Å². The maximum Gasteiger partial charge on any atom is 0.320 e. The molecule has 1 aromatic carbocycles. The monoisotopic (exact) mass is 579 g/mol. The number of hydrogen-bond acceptors (Lipinski definition) is 3. The van der Waals surface area contributed by atoms with E-state index in [9.17, 15) is 9.59 Å². The van der Waals surface area contributed by atoms with Crippen molar-refractivity contribution in [2.75, 3.05) is 6.54 Å². The molecular formula is C15H17ClFmN3O3-. The molecule has 0 saturated carbocycles. The van der Waals surface area contributed by atoms with Crippen LogP contribution in [0.25, 0.3) is 11.1 Å². The minimum Gasteiger partial charge on any atom is -0.521 e. The van der Waals surface area contributed by atoms with Gasteiger partial charge in [-0.15, -0.1) is 0 Å². The van der Waals surface area contributed by atoms with Crippen LogP contribution in [0, 0.1) is 13.8 Å². The van der Waals surface area contributed by atoms with E-state index in [1.807, 2.05) is 48.4 Å². The number of aliphatic carboxylic acids is 1. The molecule has 1 amide bonds. The number of rotatable bonds is 4. The van der Waals surface area contributed by atoms with Crippen molar-refractivity contribution in [3.05, 3.63) is 40.7 Å². The molecule has 0 aliphatic rings. The van der Waals surface area contributed by atoms with Gasteiger partial charge in [-0.25, -0.2) is 0 Å². The average Bonchev–Trinajstić information content (AvgIpc) is 2.76. The summed E-state index contributed by atoms with van der Waals surface area (Å²) in [6.45, 7) is 3.72. The SMILES string of the molecule is Cc1cc(Cl)ccc1-c1cn(C)nc1C.O=[C-]NCC(=O)O.[Fm]. The third kappa shape index (κ3) is 5.89. The van der Waals surface area contributed by atoms with Gasteiger partial charge in [-0.1, -0.05) is 17.7 Å². The third-order valence-electron chi connectivity index (χ3n) is 2.80. The van der Waals surface area contributed by atoms with Gasteiger partial charge < -0.3 is 15.2 Å². The van der Waals surface area contributed by atoms with E-state index < -0.39 is 5.97 Å². The first-order valence-corrected chi connectivity index (χ1v) is 6.81. The van der Waals surface area contributed by atoms with Gasteiger partial charge in [-0.2, -0.15) is 11.5 Å². The van der Waals surface area contributed by atoms with Gasteiger partial charge in [0.25, 0.3) is 0 Å². The van der Waals surface area contributed by atoms with E-state index in [-0.39, 0.29) is 6.54 Å². The van der Waals surface area contributed by atoms with E-state index >= 15 is 0 Å². The van der Waals surface area contributed by atoms with Gasteiger partial charge >= 0.3 is 5.97 Å². The van der Waals surface area contributed by atoms with Crippen molar-refractivity contribution in [1.29, 1.82) is 0 Å². The second-order valence-electron chi connectivity index (χ2n) is 4.61. The molecule has 0 bridgehead atoms. The topological polar surface area (TPSA) is 84.2 Å². The van der Waals surface area contributed by atoms with Gasteiger partial charge in [0, 0.05) is 23.8 Å². The molecule has 0 aliphatic carbocycles. The van der Waals surface area contributed by atoms with Crippen molar-refractivity contribution in [3.63, 3.8) is 0 Å². The molecule has 1 aromatic heterocycles. The first-order valence-electron chi connectivity index (χ1n) is 6.43. The van der Waals surface area contributed by atoms with Gasteiger partial charge in [0.05, 0.1) is 12.2 Å². The predicted octanol–water partition coefficient (Wildman–Crippen LogP) is 2.09. The number of carbonyl (C=O) groups is 1. The smallest absolute Gasteiger partial charge is 0.320 e. The van der Waals surface area contributed by atoms with Crippen LogP contribution >= 0.6 is 11.6 Å². The summed E-state index contributed by atoms with van der Waals surface area (Å²) in [5.41, 5.74) is 4.60. The predicted molar refractivity (Wildman–Crippen MR) is 84.5 cm³/mol. The minimum absolute atomic E-state index is 0. The number of hydrogen-bond donors (Lipinski definition) is 2. The van der Waals surface area contributed by atoms with Crippen molar-refractivity contribution in [2.45, 2.75) is 13.8 Å². The van der Waals surface area contributed by atoms with E-state index in [4.69, 9.17) is 16.7 Å². The van der Waals surface area contributed by atoms with Crippen LogP contribution in [-0.2, 0) is 16.6 Å². The summed E-state index contributed by atoms with van der Waals surface area (Å²) in [4.78, 5) is 18.7. The Hall–Kier alpha value is -3.34. The Morgan fingerprint density at radius 2 is 2.04 bits per heavy atom. The number of carboxylic acid groups (broad SMARTS) is 1. The Morgan fingerprint density at radius 1 is 1.39 bits per heavy atom. The second-order valence-corrected chi connectivity index (χ2v) is 5.05. The quantitative estimate of drug-likeness (QED) is 0.429. The number of carbonyl (C=O) groups excluding carboxylic acids is 1. The largest absolute Gasteiger partial charge is 0.521 e. The zero-order chi connectivity index (χ0) is 16.7. The van der Waals surface area contributed by atoms with E-state index in [0.29, 0.717) is 0 Å². The van der Waals surface area contributed by atoms with Gasteiger partial charge in [-0.05, 0) is 37.1 Å². The Balaban J connectivity index is 0.000000522. The minimum atomic E-state index is -1.07. The second kappa shape index (κ2) is 8.84. The first-order chi connectivity index (χ1) is 10.3. The van der Waals surface area contributed by atoms with Crippen molar-refractivity contribution in [2.24, 2.45) is 7.05 Å². The Kier molecular flexibility index (Phi) is 7.56. The van der Waals surface area contributed by atoms with Crippen LogP contribution in [0.3, 0.4) is 0 Å². The average molecular weight is 580 g/mol. The van der Waals surface area contributed by atoms with E-state index in [1.54, 1.807) is 0 Å². The van der Waals surface area contributed by atoms with Gasteiger partial charge in [0.15, 0.2) is 0 Å². The molecular weight excluding hydrogens is 563 g/mol. The summed E-state index contributed by atoms with van der Waals surface area (Å²) >= 11 is 5.93. The summed E-state index contributed by atoms with van der Waals surface area (Å²) in [5, 5.41) is 14.8. The molecule has 1 heterocycles. The molecule has 2 aromatic rings. The van der Waals surface area contributed by atoms with E-state index in [1.165, 1.54) is 23.1 Å². The molecule has 0 radical (unpaired) electrons. The number of nitrogens with zero attached hydrogens (tertiary/aromatic N) is 2. The molecule has 0 aliphatic heterocycles. The van der Waals surface area contributed by atoms with Crippen LogP contribution in [0.5, 0.6) is 0 Å².